The molecular weight excluding hydrogens is 306 g/mol. The fraction of sp³-hybridized carbons (Fsp3) is 0.545. The van der Waals surface area contributed by atoms with Crippen molar-refractivity contribution in [3.05, 3.63) is 29.3 Å². The van der Waals surface area contributed by atoms with E-state index in [1.165, 1.54) is 12.6 Å². The lowest BCUT2D eigenvalue weighted by Gasteiger charge is -2.19. The molecular formula is C11H14FIN2. The average Bonchev–Trinajstić information content (AvgIpc) is 2.64. The first kappa shape index (κ1) is 11.3. The molecule has 82 valence electrons. The molecule has 1 aromatic heterocycles. The number of aryl methyl sites for hydroxylation is 1. The van der Waals surface area contributed by atoms with Gasteiger partial charge in [0.2, 0.25) is 0 Å². The zero-order valence-corrected chi connectivity index (χ0v) is 10.9. The minimum atomic E-state index is -0.223. The van der Waals surface area contributed by atoms with Crippen LogP contribution in [0.2, 0.25) is 0 Å². The Hall–Kier alpha value is -0.230. The van der Waals surface area contributed by atoms with Crippen LogP contribution in [0, 0.1) is 5.82 Å². The molecule has 1 aliphatic heterocycles. The van der Waals surface area contributed by atoms with Gasteiger partial charge in [-0.2, -0.15) is 0 Å². The van der Waals surface area contributed by atoms with Crippen molar-refractivity contribution in [2.45, 2.75) is 32.2 Å². The fourth-order valence-corrected chi connectivity index (χ4v) is 3.02. The van der Waals surface area contributed by atoms with Gasteiger partial charge in [0.1, 0.15) is 5.82 Å². The Balaban J connectivity index is 2.36. The van der Waals surface area contributed by atoms with Crippen LogP contribution in [0.3, 0.4) is 0 Å². The van der Waals surface area contributed by atoms with Crippen molar-refractivity contribution in [2.75, 3.05) is 6.54 Å². The first-order chi connectivity index (χ1) is 7.22. The number of halogens is 2. The Morgan fingerprint density at radius 1 is 1.67 bits per heavy atom. The molecule has 0 N–H and O–H groups in total. The third-order valence-electron chi connectivity index (χ3n) is 2.85. The van der Waals surface area contributed by atoms with E-state index >= 15 is 0 Å². The molecule has 2 heterocycles. The smallest absolute Gasteiger partial charge is 0.141 e. The maximum absolute atomic E-state index is 13.2. The highest BCUT2D eigenvalue weighted by Crippen LogP contribution is 2.36. The SMILES string of the molecule is CCc1ncc(F)cc1C1CCCN1I. The zero-order chi connectivity index (χ0) is 10.8. The van der Waals surface area contributed by atoms with Gasteiger partial charge in [-0.3, -0.25) is 4.98 Å². The maximum atomic E-state index is 13.2. The summed E-state index contributed by atoms with van der Waals surface area (Å²) in [4.78, 5) is 4.17. The summed E-state index contributed by atoms with van der Waals surface area (Å²) >= 11 is 2.33. The van der Waals surface area contributed by atoms with Crippen molar-refractivity contribution < 1.29 is 4.39 Å². The molecule has 0 aromatic carbocycles. The van der Waals surface area contributed by atoms with Gasteiger partial charge in [0.25, 0.3) is 0 Å². The predicted molar refractivity (Wildman–Crippen MR) is 66.3 cm³/mol. The first-order valence-corrected chi connectivity index (χ1v) is 6.25. The zero-order valence-electron chi connectivity index (χ0n) is 8.71. The molecule has 0 amide bonds. The summed E-state index contributed by atoms with van der Waals surface area (Å²) in [7, 11) is 0. The van der Waals surface area contributed by atoms with E-state index in [0.29, 0.717) is 6.04 Å². The number of hydrogen-bond donors (Lipinski definition) is 0. The molecule has 4 heteroatoms. The van der Waals surface area contributed by atoms with E-state index in [2.05, 4.69) is 37.9 Å². The number of nitrogens with zero attached hydrogens (tertiary/aromatic N) is 2. The van der Waals surface area contributed by atoms with Crippen molar-refractivity contribution >= 4 is 22.9 Å². The van der Waals surface area contributed by atoms with Crippen LogP contribution < -0.4 is 0 Å². The molecule has 1 saturated heterocycles. The molecule has 0 bridgehead atoms. The van der Waals surface area contributed by atoms with Crippen LogP contribution in [0.4, 0.5) is 4.39 Å². The lowest BCUT2D eigenvalue weighted by atomic mass is 10.0. The first-order valence-electron chi connectivity index (χ1n) is 5.29. The van der Waals surface area contributed by atoms with Crippen molar-refractivity contribution in [3.63, 3.8) is 0 Å². The highest BCUT2D eigenvalue weighted by atomic mass is 127. The second kappa shape index (κ2) is 4.74. The van der Waals surface area contributed by atoms with Gasteiger partial charge in [0.15, 0.2) is 0 Å². The van der Waals surface area contributed by atoms with Crippen LogP contribution in [-0.2, 0) is 6.42 Å². The van der Waals surface area contributed by atoms with E-state index in [4.69, 9.17) is 0 Å². The largest absolute Gasteiger partial charge is 0.258 e. The Bertz CT molecular complexity index is 356. The minimum absolute atomic E-state index is 0.223. The quantitative estimate of drug-likeness (QED) is 0.614. The summed E-state index contributed by atoms with van der Waals surface area (Å²) < 4.78 is 15.4. The Morgan fingerprint density at radius 2 is 2.47 bits per heavy atom. The van der Waals surface area contributed by atoms with Crippen LogP contribution in [-0.4, -0.2) is 14.6 Å². The molecule has 1 unspecified atom stereocenters. The summed E-state index contributed by atoms with van der Waals surface area (Å²) in [5.74, 6) is -0.223. The van der Waals surface area contributed by atoms with E-state index < -0.39 is 0 Å². The van der Waals surface area contributed by atoms with Gasteiger partial charge in [-0.1, -0.05) is 6.92 Å². The van der Waals surface area contributed by atoms with E-state index in [1.807, 2.05) is 0 Å². The number of hydrogen-bond acceptors (Lipinski definition) is 2. The second-order valence-corrected chi connectivity index (χ2v) is 5.06. The molecule has 15 heavy (non-hydrogen) atoms. The van der Waals surface area contributed by atoms with Crippen molar-refractivity contribution in [3.8, 4) is 0 Å². The monoisotopic (exact) mass is 320 g/mol. The fourth-order valence-electron chi connectivity index (χ4n) is 2.11. The van der Waals surface area contributed by atoms with Gasteiger partial charge in [0, 0.05) is 41.1 Å². The molecule has 1 aromatic rings. The van der Waals surface area contributed by atoms with E-state index in [-0.39, 0.29) is 5.82 Å². The van der Waals surface area contributed by atoms with Gasteiger partial charge < -0.3 is 0 Å². The van der Waals surface area contributed by atoms with Crippen molar-refractivity contribution in [2.24, 2.45) is 0 Å². The van der Waals surface area contributed by atoms with Crippen molar-refractivity contribution in [1.29, 1.82) is 0 Å². The number of pyridine rings is 1. The van der Waals surface area contributed by atoms with E-state index in [9.17, 15) is 4.39 Å². The minimum Gasteiger partial charge on any atom is -0.258 e. The molecule has 1 atom stereocenters. The molecule has 1 aliphatic rings. The van der Waals surface area contributed by atoms with Crippen molar-refractivity contribution in [1.82, 2.24) is 8.10 Å². The van der Waals surface area contributed by atoms with Crippen LogP contribution in [0.5, 0.6) is 0 Å². The van der Waals surface area contributed by atoms with Gasteiger partial charge in [-0.05, 0) is 30.9 Å². The second-order valence-electron chi connectivity index (χ2n) is 3.82. The van der Waals surface area contributed by atoms with E-state index in [0.717, 1.165) is 30.6 Å². The summed E-state index contributed by atoms with van der Waals surface area (Å²) in [6.45, 7) is 3.15. The molecule has 0 radical (unpaired) electrons. The Kier molecular flexibility index (Phi) is 3.56. The average molecular weight is 320 g/mol. The number of aromatic nitrogens is 1. The highest BCUT2D eigenvalue weighted by molar-refractivity contribution is 14.1. The summed E-state index contributed by atoms with van der Waals surface area (Å²) in [6.07, 6.45) is 4.49. The third kappa shape index (κ3) is 2.30. The lowest BCUT2D eigenvalue weighted by molar-refractivity contribution is 0.479. The Morgan fingerprint density at radius 3 is 3.07 bits per heavy atom. The molecule has 0 saturated carbocycles. The van der Waals surface area contributed by atoms with Gasteiger partial charge in [-0.15, -0.1) is 0 Å². The maximum Gasteiger partial charge on any atom is 0.141 e. The van der Waals surface area contributed by atoms with Crippen LogP contribution >= 0.6 is 22.9 Å². The summed E-state index contributed by atoms with van der Waals surface area (Å²) in [5.41, 5.74) is 2.11. The Labute approximate surface area is 103 Å². The summed E-state index contributed by atoms with van der Waals surface area (Å²) in [5, 5.41) is 0. The molecule has 2 nitrogen and oxygen atoms in total. The highest BCUT2D eigenvalue weighted by Gasteiger charge is 2.26. The van der Waals surface area contributed by atoms with Crippen LogP contribution in [0.25, 0.3) is 0 Å². The van der Waals surface area contributed by atoms with E-state index in [1.54, 1.807) is 6.07 Å². The number of rotatable bonds is 2. The van der Waals surface area contributed by atoms with Gasteiger partial charge in [-0.25, -0.2) is 7.50 Å². The lowest BCUT2D eigenvalue weighted by Crippen LogP contribution is -2.13. The third-order valence-corrected chi connectivity index (χ3v) is 4.01. The molecule has 0 aliphatic carbocycles. The molecule has 0 spiro atoms. The van der Waals surface area contributed by atoms with Crippen LogP contribution in [0.1, 0.15) is 37.1 Å². The normalized spacial score (nSPS) is 22.2. The topological polar surface area (TPSA) is 16.1 Å². The molecule has 2 rings (SSSR count). The van der Waals surface area contributed by atoms with Crippen LogP contribution in [0.15, 0.2) is 12.3 Å². The molecule has 1 fully saturated rings. The standard InChI is InChI=1S/C11H14FIN2/c1-2-10-9(6-8(12)7-14-10)11-4-3-5-15(11)13/h6-7,11H,2-5H2,1H3. The van der Waals surface area contributed by atoms with Gasteiger partial charge in [0.05, 0.1) is 6.20 Å². The summed E-state index contributed by atoms with van der Waals surface area (Å²) in [6, 6.07) is 2.00. The van der Waals surface area contributed by atoms with Gasteiger partial charge >= 0.3 is 0 Å². The predicted octanol–water partition coefficient (Wildman–Crippen LogP) is 3.27.